The van der Waals surface area contributed by atoms with Crippen molar-refractivity contribution in [2.45, 2.75) is 39.0 Å². The lowest BCUT2D eigenvalue weighted by atomic mass is 10.1. The molecule has 98 valence electrons. The Morgan fingerprint density at radius 3 is 2.83 bits per heavy atom. The minimum atomic E-state index is 0.346. The smallest absolute Gasteiger partial charge is 0.0678 e. The number of para-hydroxylation sites is 1. The van der Waals surface area contributed by atoms with E-state index in [9.17, 15) is 0 Å². The van der Waals surface area contributed by atoms with Gasteiger partial charge < -0.3 is 10.1 Å². The second kappa shape index (κ2) is 4.90. The molecule has 0 aliphatic carbocycles. The summed E-state index contributed by atoms with van der Waals surface area (Å²) in [6, 6.07) is 6.68. The summed E-state index contributed by atoms with van der Waals surface area (Å²) in [6.07, 6.45) is 1.86. The fraction of sp³-hybridized carbons (Fsp3) is 0.600. The third-order valence-electron chi connectivity index (χ3n) is 3.82. The maximum Gasteiger partial charge on any atom is 0.0678 e. The average molecular weight is 246 g/mol. The summed E-state index contributed by atoms with van der Waals surface area (Å²) in [5.41, 5.74) is 4.29. The molecular weight excluding hydrogens is 224 g/mol. The van der Waals surface area contributed by atoms with Crippen LogP contribution in [0.3, 0.4) is 0 Å². The van der Waals surface area contributed by atoms with Crippen molar-refractivity contribution in [1.82, 2.24) is 4.90 Å². The van der Waals surface area contributed by atoms with Crippen molar-refractivity contribution in [3.63, 3.8) is 0 Å². The minimum Gasteiger partial charge on any atom is -0.384 e. The van der Waals surface area contributed by atoms with E-state index >= 15 is 0 Å². The van der Waals surface area contributed by atoms with E-state index in [-0.39, 0.29) is 0 Å². The highest BCUT2D eigenvalue weighted by atomic mass is 16.5. The molecule has 0 saturated carbocycles. The van der Waals surface area contributed by atoms with Crippen molar-refractivity contribution in [1.29, 1.82) is 0 Å². The third kappa shape index (κ3) is 2.38. The number of fused-ring (bicyclic) bond motifs is 1. The van der Waals surface area contributed by atoms with Crippen LogP contribution in [0.15, 0.2) is 18.2 Å². The number of rotatable bonds is 2. The Balaban J connectivity index is 1.75. The highest BCUT2D eigenvalue weighted by Crippen LogP contribution is 2.28. The van der Waals surface area contributed by atoms with E-state index in [0.717, 1.165) is 26.2 Å². The first-order valence-corrected chi connectivity index (χ1v) is 6.95. The van der Waals surface area contributed by atoms with Gasteiger partial charge in [-0.25, -0.2) is 0 Å². The van der Waals surface area contributed by atoms with E-state index in [4.69, 9.17) is 4.74 Å². The van der Waals surface area contributed by atoms with Crippen molar-refractivity contribution in [2.75, 3.05) is 25.0 Å². The number of nitrogens with one attached hydrogen (secondary N) is 1. The van der Waals surface area contributed by atoms with Crippen LogP contribution in [0.25, 0.3) is 0 Å². The second-order valence-corrected chi connectivity index (χ2v) is 5.58. The van der Waals surface area contributed by atoms with Crippen molar-refractivity contribution in [2.24, 2.45) is 0 Å². The number of hydrogen-bond donors (Lipinski definition) is 1. The lowest BCUT2D eigenvalue weighted by Crippen LogP contribution is -2.44. The maximum atomic E-state index is 5.79. The van der Waals surface area contributed by atoms with Crippen LogP contribution in [-0.2, 0) is 17.7 Å². The van der Waals surface area contributed by atoms with E-state index in [1.165, 1.54) is 23.2 Å². The van der Waals surface area contributed by atoms with Gasteiger partial charge in [0.1, 0.15) is 0 Å². The van der Waals surface area contributed by atoms with Crippen LogP contribution >= 0.6 is 0 Å². The van der Waals surface area contributed by atoms with Gasteiger partial charge in [0.05, 0.1) is 12.2 Å². The highest BCUT2D eigenvalue weighted by Gasteiger charge is 2.23. The molecule has 0 amide bonds. The predicted octanol–water partition coefficient (Wildman–Crippen LogP) is 2.26. The van der Waals surface area contributed by atoms with Crippen LogP contribution < -0.4 is 5.32 Å². The van der Waals surface area contributed by atoms with Gasteiger partial charge >= 0.3 is 0 Å². The summed E-state index contributed by atoms with van der Waals surface area (Å²) in [4.78, 5) is 2.51. The number of nitrogens with zero attached hydrogens (tertiary/aromatic N) is 1. The number of ether oxygens (including phenoxy) is 1. The first-order valence-electron chi connectivity index (χ1n) is 6.95. The molecule has 0 bridgehead atoms. The summed E-state index contributed by atoms with van der Waals surface area (Å²) in [6.45, 7) is 8.52. The molecule has 2 aliphatic heterocycles. The fourth-order valence-corrected chi connectivity index (χ4v) is 3.20. The Morgan fingerprint density at radius 2 is 2.06 bits per heavy atom. The Kier molecular flexibility index (Phi) is 3.27. The first kappa shape index (κ1) is 12.0. The Morgan fingerprint density at radius 1 is 1.28 bits per heavy atom. The molecule has 0 unspecified atom stereocenters. The van der Waals surface area contributed by atoms with Gasteiger partial charge in [-0.15, -0.1) is 0 Å². The molecular formula is C15H22N2O. The van der Waals surface area contributed by atoms with Crippen LogP contribution in [0.2, 0.25) is 0 Å². The van der Waals surface area contributed by atoms with Crippen molar-refractivity contribution in [3.05, 3.63) is 29.3 Å². The Hall–Kier alpha value is -1.06. The van der Waals surface area contributed by atoms with E-state index < -0.39 is 0 Å². The largest absolute Gasteiger partial charge is 0.384 e. The molecule has 1 saturated heterocycles. The van der Waals surface area contributed by atoms with Gasteiger partial charge in [-0.3, -0.25) is 4.90 Å². The summed E-state index contributed by atoms with van der Waals surface area (Å²) >= 11 is 0. The van der Waals surface area contributed by atoms with Gasteiger partial charge in [0, 0.05) is 31.9 Å². The SMILES string of the molecule is C[C@@H]1CN(Cc2cccc3c2NCC3)C[C@H](C)O1. The van der Waals surface area contributed by atoms with E-state index in [1.54, 1.807) is 0 Å². The second-order valence-electron chi connectivity index (χ2n) is 5.58. The first-order chi connectivity index (χ1) is 8.72. The molecule has 3 heteroatoms. The summed E-state index contributed by atoms with van der Waals surface area (Å²) < 4.78 is 5.79. The van der Waals surface area contributed by atoms with Gasteiger partial charge in [-0.2, -0.15) is 0 Å². The van der Waals surface area contributed by atoms with Crippen LogP contribution in [0.1, 0.15) is 25.0 Å². The Labute approximate surface area is 109 Å². The molecule has 2 heterocycles. The predicted molar refractivity (Wildman–Crippen MR) is 73.9 cm³/mol. The lowest BCUT2D eigenvalue weighted by Gasteiger charge is -2.35. The molecule has 1 aromatic carbocycles. The van der Waals surface area contributed by atoms with Crippen LogP contribution in [-0.4, -0.2) is 36.7 Å². The zero-order chi connectivity index (χ0) is 12.5. The molecule has 18 heavy (non-hydrogen) atoms. The van der Waals surface area contributed by atoms with Gasteiger partial charge in [0.25, 0.3) is 0 Å². The number of morpholine rings is 1. The number of hydrogen-bond acceptors (Lipinski definition) is 3. The maximum absolute atomic E-state index is 5.79. The van der Waals surface area contributed by atoms with Gasteiger partial charge in [-0.1, -0.05) is 18.2 Å². The van der Waals surface area contributed by atoms with Crippen LogP contribution in [0.4, 0.5) is 5.69 Å². The lowest BCUT2D eigenvalue weighted by molar-refractivity contribution is -0.0704. The van der Waals surface area contributed by atoms with Gasteiger partial charge in [0.15, 0.2) is 0 Å². The normalized spacial score (nSPS) is 27.9. The van der Waals surface area contributed by atoms with Crippen molar-refractivity contribution < 1.29 is 4.74 Å². The zero-order valence-corrected chi connectivity index (χ0v) is 11.3. The third-order valence-corrected chi connectivity index (χ3v) is 3.82. The van der Waals surface area contributed by atoms with Crippen LogP contribution in [0, 0.1) is 0 Å². The highest BCUT2D eigenvalue weighted by molar-refractivity contribution is 5.61. The summed E-state index contributed by atoms with van der Waals surface area (Å²) in [5.74, 6) is 0. The molecule has 2 aliphatic rings. The van der Waals surface area contributed by atoms with Crippen molar-refractivity contribution >= 4 is 5.69 Å². The molecule has 1 N–H and O–H groups in total. The van der Waals surface area contributed by atoms with Crippen molar-refractivity contribution in [3.8, 4) is 0 Å². The topological polar surface area (TPSA) is 24.5 Å². The van der Waals surface area contributed by atoms with E-state index in [1.807, 2.05) is 0 Å². The van der Waals surface area contributed by atoms with Crippen LogP contribution in [0.5, 0.6) is 0 Å². The Bertz CT molecular complexity index is 423. The number of anilines is 1. The van der Waals surface area contributed by atoms with Gasteiger partial charge in [-0.05, 0) is 31.4 Å². The quantitative estimate of drug-likeness (QED) is 0.866. The monoisotopic (exact) mass is 246 g/mol. The molecule has 0 radical (unpaired) electrons. The van der Waals surface area contributed by atoms with E-state index in [2.05, 4.69) is 42.3 Å². The molecule has 1 aromatic rings. The minimum absolute atomic E-state index is 0.346. The molecule has 2 atom stereocenters. The molecule has 0 aromatic heterocycles. The molecule has 3 rings (SSSR count). The molecule has 3 nitrogen and oxygen atoms in total. The average Bonchev–Trinajstić information content (AvgIpc) is 2.76. The zero-order valence-electron chi connectivity index (χ0n) is 11.3. The fourth-order valence-electron chi connectivity index (χ4n) is 3.20. The molecule has 0 spiro atoms. The number of benzene rings is 1. The van der Waals surface area contributed by atoms with Gasteiger partial charge in [0.2, 0.25) is 0 Å². The summed E-state index contributed by atoms with van der Waals surface area (Å²) in [7, 11) is 0. The standard InChI is InChI=1S/C15H22N2O/c1-11-8-17(9-12(2)18-11)10-14-5-3-4-13-6-7-16-15(13)14/h3-5,11-12,16H,6-10H2,1-2H3/t11-,12+. The van der Waals surface area contributed by atoms with E-state index in [0.29, 0.717) is 12.2 Å². The summed E-state index contributed by atoms with van der Waals surface area (Å²) in [5, 5.41) is 3.52. The molecule has 1 fully saturated rings.